The third-order valence-corrected chi connectivity index (χ3v) is 3.95. The zero-order valence-corrected chi connectivity index (χ0v) is 10.8. The van der Waals surface area contributed by atoms with Crippen molar-refractivity contribution in [2.24, 2.45) is 0 Å². The summed E-state index contributed by atoms with van der Waals surface area (Å²) in [6, 6.07) is 6.24. The molecule has 0 N–H and O–H groups in total. The summed E-state index contributed by atoms with van der Waals surface area (Å²) in [6.45, 7) is 1.97. The predicted octanol–water partition coefficient (Wildman–Crippen LogP) is 3.97. The van der Waals surface area contributed by atoms with Gasteiger partial charge in [-0.25, -0.2) is 9.97 Å². The minimum absolute atomic E-state index is 0.651. The van der Waals surface area contributed by atoms with Crippen LogP contribution in [0.25, 0.3) is 10.9 Å². The van der Waals surface area contributed by atoms with Crippen molar-refractivity contribution in [2.45, 2.75) is 32.1 Å². The fourth-order valence-electron chi connectivity index (χ4n) is 2.25. The number of benzene rings is 1. The molecule has 0 bridgehead atoms. The molecular weight excluding hydrogens is 264 g/mol. The second kappa shape index (κ2) is 3.81. The zero-order valence-electron chi connectivity index (χ0n) is 9.20. The Hall–Kier alpha value is -0.960. The van der Waals surface area contributed by atoms with Gasteiger partial charge in [0.2, 0.25) is 0 Å². The fourth-order valence-corrected chi connectivity index (χ4v) is 2.70. The zero-order chi connectivity index (χ0) is 11.1. The van der Waals surface area contributed by atoms with Crippen LogP contribution in [0.15, 0.2) is 22.7 Å². The van der Waals surface area contributed by atoms with Crippen LogP contribution in [0.4, 0.5) is 0 Å². The van der Waals surface area contributed by atoms with Gasteiger partial charge in [-0.3, -0.25) is 0 Å². The van der Waals surface area contributed by atoms with Gasteiger partial charge in [-0.15, -0.1) is 0 Å². The smallest absolute Gasteiger partial charge is 0.126 e. The Balaban J connectivity index is 2.29. The molecule has 82 valence electrons. The Kier molecular flexibility index (Phi) is 2.43. The third-order valence-electron chi connectivity index (χ3n) is 3.31. The van der Waals surface area contributed by atoms with Gasteiger partial charge in [-0.05, 0) is 41.8 Å². The normalized spacial score (nSPS) is 16.4. The van der Waals surface area contributed by atoms with E-state index in [1.165, 1.54) is 30.3 Å². The molecule has 2 nitrogen and oxygen atoms in total. The molecule has 1 fully saturated rings. The number of hydrogen-bond donors (Lipinski definition) is 0. The van der Waals surface area contributed by atoms with Gasteiger partial charge in [0.15, 0.2) is 0 Å². The van der Waals surface area contributed by atoms with Crippen LogP contribution in [0.2, 0.25) is 0 Å². The van der Waals surface area contributed by atoms with E-state index in [1.54, 1.807) is 0 Å². The Bertz CT molecular complexity index is 547. The van der Waals surface area contributed by atoms with Crippen molar-refractivity contribution in [2.75, 3.05) is 0 Å². The molecule has 3 rings (SSSR count). The molecule has 3 heteroatoms. The predicted molar refractivity (Wildman–Crippen MR) is 68.6 cm³/mol. The molecule has 0 atom stereocenters. The van der Waals surface area contributed by atoms with Crippen LogP contribution < -0.4 is 0 Å². The van der Waals surface area contributed by atoms with E-state index in [0.29, 0.717) is 5.92 Å². The summed E-state index contributed by atoms with van der Waals surface area (Å²) in [5, 5.41) is 1.21. The number of hydrogen-bond acceptors (Lipinski definition) is 2. The van der Waals surface area contributed by atoms with Gasteiger partial charge in [0.05, 0.1) is 11.2 Å². The lowest BCUT2D eigenvalue weighted by Gasteiger charge is -2.26. The molecule has 0 unspecified atom stereocenters. The van der Waals surface area contributed by atoms with E-state index < -0.39 is 0 Å². The molecule has 1 aromatic heterocycles. The highest BCUT2D eigenvalue weighted by Gasteiger charge is 2.23. The minimum Gasteiger partial charge on any atom is -0.237 e. The van der Waals surface area contributed by atoms with Crippen LogP contribution in [0.5, 0.6) is 0 Å². The molecule has 1 aliphatic rings. The Labute approximate surface area is 103 Å². The summed E-state index contributed by atoms with van der Waals surface area (Å²) >= 11 is 3.56. The SMILES string of the molecule is Cc1nc(C2CCC2)c2cccc(Br)c2n1. The first-order chi connectivity index (χ1) is 7.75. The maximum absolute atomic E-state index is 4.63. The Morgan fingerprint density at radius 2 is 2.06 bits per heavy atom. The molecule has 1 saturated carbocycles. The van der Waals surface area contributed by atoms with Gasteiger partial charge in [0.25, 0.3) is 0 Å². The first-order valence-corrected chi connectivity index (χ1v) is 6.48. The lowest BCUT2D eigenvalue weighted by Crippen LogP contribution is -2.12. The van der Waals surface area contributed by atoms with Gasteiger partial charge >= 0.3 is 0 Å². The van der Waals surface area contributed by atoms with Crippen molar-refractivity contribution in [1.29, 1.82) is 0 Å². The molecule has 0 saturated heterocycles. The van der Waals surface area contributed by atoms with Crippen LogP contribution in [-0.2, 0) is 0 Å². The standard InChI is InChI=1S/C13H13BrN2/c1-8-15-12(9-4-2-5-9)10-6-3-7-11(14)13(10)16-8/h3,6-7,9H,2,4-5H2,1H3. The van der Waals surface area contributed by atoms with Gasteiger partial charge in [-0.2, -0.15) is 0 Å². The van der Waals surface area contributed by atoms with E-state index in [9.17, 15) is 0 Å². The number of aromatic nitrogens is 2. The maximum Gasteiger partial charge on any atom is 0.126 e. The van der Waals surface area contributed by atoms with Crippen LogP contribution >= 0.6 is 15.9 Å². The molecule has 0 radical (unpaired) electrons. The van der Waals surface area contributed by atoms with Crippen molar-refractivity contribution < 1.29 is 0 Å². The van der Waals surface area contributed by atoms with Gasteiger partial charge in [0, 0.05) is 15.8 Å². The number of halogens is 1. The van der Waals surface area contributed by atoms with E-state index in [1.807, 2.05) is 13.0 Å². The van der Waals surface area contributed by atoms with Crippen molar-refractivity contribution in [1.82, 2.24) is 9.97 Å². The van der Waals surface area contributed by atoms with Crippen molar-refractivity contribution in [3.05, 3.63) is 34.2 Å². The number of fused-ring (bicyclic) bond motifs is 1. The summed E-state index contributed by atoms with van der Waals surface area (Å²) in [6.07, 6.45) is 3.89. The summed E-state index contributed by atoms with van der Waals surface area (Å²) in [4.78, 5) is 9.15. The molecule has 0 amide bonds. The first kappa shape index (κ1) is 10.2. The highest BCUT2D eigenvalue weighted by molar-refractivity contribution is 9.10. The Morgan fingerprint density at radius 3 is 2.75 bits per heavy atom. The average Bonchev–Trinajstić information content (AvgIpc) is 2.17. The molecule has 2 aromatic rings. The van der Waals surface area contributed by atoms with E-state index in [-0.39, 0.29) is 0 Å². The molecule has 1 aromatic carbocycles. The number of nitrogens with zero attached hydrogens (tertiary/aromatic N) is 2. The Morgan fingerprint density at radius 1 is 1.25 bits per heavy atom. The molecule has 0 aliphatic heterocycles. The summed E-state index contributed by atoms with van der Waals surface area (Å²) in [5.74, 6) is 1.53. The van der Waals surface area contributed by atoms with E-state index in [0.717, 1.165) is 15.8 Å². The second-order valence-electron chi connectivity index (χ2n) is 4.42. The minimum atomic E-state index is 0.651. The van der Waals surface area contributed by atoms with E-state index in [2.05, 4.69) is 38.0 Å². The summed E-state index contributed by atoms with van der Waals surface area (Å²) < 4.78 is 1.07. The van der Waals surface area contributed by atoms with Crippen molar-refractivity contribution >= 4 is 26.8 Å². The summed E-state index contributed by atoms with van der Waals surface area (Å²) in [5.41, 5.74) is 2.30. The monoisotopic (exact) mass is 276 g/mol. The van der Waals surface area contributed by atoms with E-state index >= 15 is 0 Å². The molecule has 1 heterocycles. The highest BCUT2D eigenvalue weighted by Crippen LogP contribution is 2.39. The molecular formula is C13H13BrN2. The largest absolute Gasteiger partial charge is 0.237 e. The van der Waals surface area contributed by atoms with Gasteiger partial charge < -0.3 is 0 Å². The highest BCUT2D eigenvalue weighted by atomic mass is 79.9. The molecule has 0 spiro atoms. The van der Waals surface area contributed by atoms with Crippen LogP contribution in [-0.4, -0.2) is 9.97 Å². The summed E-state index contributed by atoms with van der Waals surface area (Å²) in [7, 11) is 0. The number of para-hydroxylation sites is 1. The van der Waals surface area contributed by atoms with Crippen molar-refractivity contribution in [3.63, 3.8) is 0 Å². The average molecular weight is 277 g/mol. The van der Waals surface area contributed by atoms with Crippen LogP contribution in [0.3, 0.4) is 0 Å². The topological polar surface area (TPSA) is 25.8 Å². The van der Waals surface area contributed by atoms with Crippen molar-refractivity contribution in [3.8, 4) is 0 Å². The first-order valence-electron chi connectivity index (χ1n) is 5.68. The lowest BCUT2D eigenvalue weighted by molar-refractivity contribution is 0.413. The third kappa shape index (κ3) is 1.54. The molecule has 1 aliphatic carbocycles. The second-order valence-corrected chi connectivity index (χ2v) is 5.27. The maximum atomic E-state index is 4.63. The van der Waals surface area contributed by atoms with E-state index in [4.69, 9.17) is 0 Å². The van der Waals surface area contributed by atoms with Gasteiger partial charge in [0.1, 0.15) is 5.82 Å². The van der Waals surface area contributed by atoms with Crippen LogP contribution in [0, 0.1) is 6.92 Å². The number of aryl methyl sites for hydroxylation is 1. The quantitative estimate of drug-likeness (QED) is 0.788. The fraction of sp³-hybridized carbons (Fsp3) is 0.385. The number of rotatable bonds is 1. The lowest BCUT2D eigenvalue weighted by atomic mass is 9.81. The van der Waals surface area contributed by atoms with Gasteiger partial charge in [-0.1, -0.05) is 18.6 Å². The van der Waals surface area contributed by atoms with Crippen LogP contribution in [0.1, 0.15) is 36.7 Å². The molecule has 16 heavy (non-hydrogen) atoms.